The fourth-order valence-corrected chi connectivity index (χ4v) is 5.55. The first-order chi connectivity index (χ1) is 14.9. The lowest BCUT2D eigenvalue weighted by molar-refractivity contribution is 0.102. The average Bonchev–Trinajstić information content (AvgIpc) is 2.67. The van der Waals surface area contributed by atoms with Crippen molar-refractivity contribution >= 4 is 50.5 Å². The molecule has 0 bridgehead atoms. The van der Waals surface area contributed by atoms with Gasteiger partial charge in [0.2, 0.25) is 10.0 Å². The maximum Gasteiger partial charge on any atom is 0.255 e. The zero-order chi connectivity index (χ0) is 23.7. The highest BCUT2D eigenvalue weighted by molar-refractivity contribution is 7.89. The molecule has 0 unspecified atom stereocenters. The van der Waals surface area contributed by atoms with Crippen LogP contribution in [0.15, 0.2) is 41.3 Å². The van der Waals surface area contributed by atoms with Crippen molar-refractivity contribution < 1.29 is 13.2 Å². The summed E-state index contributed by atoms with van der Waals surface area (Å²) in [7, 11) is -1.84. The van der Waals surface area contributed by atoms with E-state index in [4.69, 9.17) is 23.2 Å². The first-order valence-corrected chi connectivity index (χ1v) is 12.5. The molecule has 2 aromatic rings. The van der Waals surface area contributed by atoms with Gasteiger partial charge in [0.05, 0.1) is 16.4 Å². The van der Waals surface area contributed by atoms with Crippen LogP contribution in [0.3, 0.4) is 0 Å². The van der Waals surface area contributed by atoms with E-state index in [9.17, 15) is 13.2 Å². The predicted octanol–water partition coefficient (Wildman–Crippen LogP) is 4.07. The predicted molar refractivity (Wildman–Crippen MR) is 131 cm³/mol. The summed E-state index contributed by atoms with van der Waals surface area (Å²) < 4.78 is 28.1. The van der Waals surface area contributed by atoms with E-state index in [1.807, 2.05) is 6.07 Å². The number of carbonyl (C=O) groups excluding carboxylic acids is 1. The number of piperazine rings is 1. The molecule has 1 heterocycles. The van der Waals surface area contributed by atoms with Gasteiger partial charge in [-0.15, -0.1) is 0 Å². The minimum Gasteiger partial charge on any atom is -0.367 e. The van der Waals surface area contributed by atoms with Gasteiger partial charge in [-0.05, 0) is 64.2 Å². The Hall–Kier alpha value is -1.84. The number of nitrogens with one attached hydrogen (secondary N) is 2. The second-order valence-corrected chi connectivity index (χ2v) is 11.4. The monoisotopic (exact) mass is 498 g/mol. The summed E-state index contributed by atoms with van der Waals surface area (Å²) in [5.74, 6) is -0.452. The standard InChI is InChI=1S/C22H28Cl2N4O3S/c1-22(2,3)26-32(30,31)20-13-15(5-7-17(20)24)21(29)25-18-14-16(23)6-8-19(18)28-11-9-27(4)10-12-28/h5-8,13-14,26H,9-12H2,1-4H3,(H,25,29). The Morgan fingerprint density at radius 1 is 1.00 bits per heavy atom. The van der Waals surface area contributed by atoms with Gasteiger partial charge >= 0.3 is 0 Å². The number of hydrogen-bond acceptors (Lipinski definition) is 5. The smallest absolute Gasteiger partial charge is 0.255 e. The lowest BCUT2D eigenvalue weighted by Gasteiger charge is -2.35. The van der Waals surface area contributed by atoms with Gasteiger partial charge in [0, 0.05) is 42.3 Å². The van der Waals surface area contributed by atoms with E-state index in [0.717, 1.165) is 31.9 Å². The third-order valence-electron chi connectivity index (χ3n) is 4.97. The highest BCUT2D eigenvalue weighted by atomic mass is 35.5. The first-order valence-electron chi connectivity index (χ1n) is 10.2. The van der Waals surface area contributed by atoms with Crippen LogP contribution >= 0.6 is 23.2 Å². The van der Waals surface area contributed by atoms with Gasteiger partial charge in [0.15, 0.2) is 0 Å². The molecule has 0 spiro atoms. The number of sulfonamides is 1. The molecule has 1 aliphatic heterocycles. The Bertz CT molecular complexity index is 1110. The number of nitrogens with zero attached hydrogens (tertiary/aromatic N) is 2. The van der Waals surface area contributed by atoms with Crippen LogP contribution in [-0.2, 0) is 10.0 Å². The summed E-state index contributed by atoms with van der Waals surface area (Å²) in [6, 6.07) is 9.55. The molecule has 0 aromatic heterocycles. The Morgan fingerprint density at radius 3 is 2.28 bits per heavy atom. The van der Waals surface area contributed by atoms with Crippen molar-refractivity contribution in [3.8, 4) is 0 Å². The molecule has 32 heavy (non-hydrogen) atoms. The van der Waals surface area contributed by atoms with Gasteiger partial charge in [0.25, 0.3) is 5.91 Å². The SMILES string of the molecule is CN1CCN(c2ccc(Cl)cc2NC(=O)c2ccc(Cl)c(S(=O)(=O)NC(C)(C)C)c2)CC1. The number of likely N-dealkylation sites (N-methyl/N-ethyl adjacent to an activating group) is 1. The van der Waals surface area contributed by atoms with E-state index >= 15 is 0 Å². The zero-order valence-corrected chi connectivity index (χ0v) is 20.9. The van der Waals surface area contributed by atoms with E-state index in [2.05, 4.69) is 26.9 Å². The summed E-state index contributed by atoms with van der Waals surface area (Å²) in [6.45, 7) is 8.66. The van der Waals surface area contributed by atoms with Gasteiger partial charge in [0.1, 0.15) is 4.90 Å². The van der Waals surface area contributed by atoms with Crippen molar-refractivity contribution in [3.05, 3.63) is 52.0 Å². The number of rotatable bonds is 5. The van der Waals surface area contributed by atoms with Gasteiger partial charge in [-0.2, -0.15) is 0 Å². The maximum atomic E-state index is 13.0. The molecular weight excluding hydrogens is 471 g/mol. The lowest BCUT2D eigenvalue weighted by atomic mass is 10.1. The number of benzene rings is 2. The molecule has 1 saturated heterocycles. The number of anilines is 2. The minimum absolute atomic E-state index is 0.0409. The van der Waals surface area contributed by atoms with Crippen molar-refractivity contribution in [3.63, 3.8) is 0 Å². The van der Waals surface area contributed by atoms with Gasteiger partial charge in [-0.1, -0.05) is 23.2 Å². The quantitative estimate of drug-likeness (QED) is 0.648. The summed E-state index contributed by atoms with van der Waals surface area (Å²) in [5, 5.41) is 3.42. The van der Waals surface area contributed by atoms with E-state index in [0.29, 0.717) is 10.7 Å². The minimum atomic E-state index is -3.91. The van der Waals surface area contributed by atoms with Crippen LogP contribution in [0.5, 0.6) is 0 Å². The van der Waals surface area contributed by atoms with Crippen molar-refractivity contribution in [2.24, 2.45) is 0 Å². The third-order valence-corrected chi connectivity index (χ3v) is 7.45. The molecule has 10 heteroatoms. The summed E-state index contributed by atoms with van der Waals surface area (Å²) in [6.07, 6.45) is 0. The summed E-state index contributed by atoms with van der Waals surface area (Å²) in [4.78, 5) is 17.3. The van der Waals surface area contributed by atoms with Crippen LogP contribution in [0.1, 0.15) is 31.1 Å². The number of halogens is 2. The number of hydrogen-bond donors (Lipinski definition) is 2. The fraction of sp³-hybridized carbons (Fsp3) is 0.409. The third kappa shape index (κ3) is 6.14. The molecule has 0 atom stereocenters. The first kappa shape index (κ1) is 24.8. The Morgan fingerprint density at radius 2 is 1.66 bits per heavy atom. The topological polar surface area (TPSA) is 81.8 Å². The van der Waals surface area contributed by atoms with E-state index in [1.54, 1.807) is 32.9 Å². The Balaban J connectivity index is 1.89. The summed E-state index contributed by atoms with van der Waals surface area (Å²) >= 11 is 12.3. The molecule has 0 radical (unpaired) electrons. The average molecular weight is 499 g/mol. The van der Waals surface area contributed by atoms with Crippen molar-refractivity contribution in [1.82, 2.24) is 9.62 Å². The fourth-order valence-electron chi connectivity index (χ4n) is 3.43. The molecule has 2 N–H and O–H groups in total. The molecule has 1 amide bonds. The molecule has 3 rings (SSSR count). The van der Waals surface area contributed by atoms with Crippen LogP contribution in [0.25, 0.3) is 0 Å². The lowest BCUT2D eigenvalue weighted by Crippen LogP contribution is -2.44. The van der Waals surface area contributed by atoms with Crippen molar-refractivity contribution in [1.29, 1.82) is 0 Å². The van der Waals surface area contributed by atoms with E-state index in [1.165, 1.54) is 18.2 Å². The largest absolute Gasteiger partial charge is 0.367 e. The van der Waals surface area contributed by atoms with Crippen LogP contribution in [0, 0.1) is 0 Å². The van der Waals surface area contributed by atoms with Crippen LogP contribution in [-0.4, -0.2) is 58.0 Å². The molecule has 0 aliphatic carbocycles. The second-order valence-electron chi connectivity index (χ2n) is 8.91. The van der Waals surface area contributed by atoms with E-state index in [-0.39, 0.29) is 15.5 Å². The van der Waals surface area contributed by atoms with Crippen molar-refractivity contribution in [2.45, 2.75) is 31.2 Å². The number of carbonyl (C=O) groups is 1. The molecular formula is C22H28Cl2N4O3S. The highest BCUT2D eigenvalue weighted by Crippen LogP contribution is 2.31. The maximum absolute atomic E-state index is 13.0. The zero-order valence-electron chi connectivity index (χ0n) is 18.6. The van der Waals surface area contributed by atoms with E-state index < -0.39 is 21.5 Å². The van der Waals surface area contributed by atoms with Gasteiger partial charge in [-0.3, -0.25) is 4.79 Å². The molecule has 1 aliphatic rings. The van der Waals surface area contributed by atoms with Crippen LogP contribution < -0.4 is 14.9 Å². The number of amides is 1. The molecule has 2 aromatic carbocycles. The van der Waals surface area contributed by atoms with Crippen LogP contribution in [0.4, 0.5) is 11.4 Å². The molecule has 0 saturated carbocycles. The Kier molecular flexibility index (Phi) is 7.41. The highest BCUT2D eigenvalue weighted by Gasteiger charge is 2.26. The van der Waals surface area contributed by atoms with Gasteiger partial charge in [-0.25, -0.2) is 13.1 Å². The van der Waals surface area contributed by atoms with Gasteiger partial charge < -0.3 is 15.1 Å². The van der Waals surface area contributed by atoms with Crippen molar-refractivity contribution in [2.75, 3.05) is 43.4 Å². The van der Waals surface area contributed by atoms with Crippen LogP contribution in [0.2, 0.25) is 10.0 Å². The summed E-state index contributed by atoms with van der Waals surface area (Å²) in [5.41, 5.74) is 0.915. The second kappa shape index (κ2) is 9.57. The molecule has 174 valence electrons. The molecule has 1 fully saturated rings. The Labute approximate surface area is 199 Å². The molecule has 7 nitrogen and oxygen atoms in total. The normalized spacial score (nSPS) is 15.6.